The molecule has 2 aromatic heterocycles. The van der Waals surface area contributed by atoms with Gasteiger partial charge >= 0.3 is 12.2 Å². The number of hydrogen-bond donors (Lipinski definition) is 4. The molecule has 3 aromatic carbocycles. The number of nitrogens with zero attached hydrogens (tertiary/aromatic N) is 5. The highest BCUT2D eigenvalue weighted by Gasteiger charge is 2.41. The van der Waals surface area contributed by atoms with Crippen LogP contribution in [0.2, 0.25) is 0 Å². The molecule has 19 heteroatoms. The van der Waals surface area contributed by atoms with Gasteiger partial charge in [-0.15, -0.1) is 0 Å². The first-order valence-corrected chi connectivity index (χ1v) is 24.4. The van der Waals surface area contributed by atoms with Gasteiger partial charge < -0.3 is 44.8 Å². The van der Waals surface area contributed by atoms with Gasteiger partial charge in [0.25, 0.3) is 0 Å². The molecule has 0 bridgehead atoms. The van der Waals surface area contributed by atoms with Crippen LogP contribution in [0.5, 0.6) is 0 Å². The summed E-state index contributed by atoms with van der Waals surface area (Å²) in [5, 5.41) is 5.39. The van der Waals surface area contributed by atoms with Crippen molar-refractivity contribution in [1.82, 2.24) is 40.4 Å². The number of aromatic nitrogens is 4. The lowest BCUT2D eigenvalue weighted by Gasteiger charge is -2.33. The predicted octanol–water partition coefficient (Wildman–Crippen LogP) is 7.15. The highest BCUT2D eigenvalue weighted by atomic mass is 32.2. The highest BCUT2D eigenvalue weighted by molar-refractivity contribution is 7.90. The van der Waals surface area contributed by atoms with Crippen LogP contribution < -0.4 is 15.5 Å². The van der Waals surface area contributed by atoms with Crippen molar-refractivity contribution < 1.29 is 41.5 Å². The Kier molecular flexibility index (Phi) is 13.0. The monoisotopic (exact) mass is 927 g/mol. The molecule has 3 unspecified atom stereocenters. The molecule has 3 aliphatic rings. The van der Waals surface area contributed by atoms with Crippen molar-refractivity contribution in [3.8, 4) is 0 Å². The summed E-state index contributed by atoms with van der Waals surface area (Å²) in [5.41, 5.74) is 5.36. The minimum Gasteiger partial charge on any atom is -0.453 e. The Bertz CT molecular complexity index is 2630. The van der Waals surface area contributed by atoms with Crippen molar-refractivity contribution in [1.29, 1.82) is 0 Å². The zero-order chi connectivity index (χ0) is 47.2. The Morgan fingerprint density at radius 2 is 1.14 bits per heavy atom. The van der Waals surface area contributed by atoms with E-state index in [1.165, 1.54) is 26.4 Å². The molecule has 3 saturated heterocycles. The van der Waals surface area contributed by atoms with Crippen LogP contribution in [-0.2, 0) is 28.9 Å². The SMILES string of the molecule is COC(=O)NC(C(=O)N1CCCC1c1nc2ccc([C@H]3CC[C@H](c4ccc5nc(C6CCCN6C(=O)[C@@H](NC(=O)OC)C(C)C)[nH]c5c4)N3c3ccc(S(C)(=O)=O)c(F)c3)cc2[nH]1)C(C)C. The number of carbonyl (C=O) groups is 4. The van der Waals surface area contributed by atoms with Crippen molar-refractivity contribution >= 4 is 61.6 Å². The smallest absolute Gasteiger partial charge is 0.407 e. The molecule has 4 amide bonds. The molecule has 5 aromatic rings. The van der Waals surface area contributed by atoms with Gasteiger partial charge in [-0.2, -0.15) is 0 Å². The summed E-state index contributed by atoms with van der Waals surface area (Å²) in [4.78, 5) is 74.1. The lowest BCUT2D eigenvalue weighted by molar-refractivity contribution is -0.136. The fraction of sp³-hybridized carbons (Fsp3) is 0.489. The number of H-pyrrole nitrogens is 2. The number of anilines is 1. The first-order chi connectivity index (χ1) is 31.5. The molecule has 66 heavy (non-hydrogen) atoms. The third-order valence-corrected chi connectivity index (χ3v) is 14.4. The van der Waals surface area contributed by atoms with Crippen molar-refractivity contribution in [3.63, 3.8) is 0 Å². The number of alkyl carbamates (subject to hydrolysis) is 2. The van der Waals surface area contributed by atoms with Crippen LogP contribution in [0.3, 0.4) is 0 Å². The number of ether oxygens (including phenoxy) is 2. The zero-order valence-corrected chi connectivity index (χ0v) is 39.1. The summed E-state index contributed by atoms with van der Waals surface area (Å²) >= 11 is 0. The minimum absolute atomic E-state index is 0.175. The van der Waals surface area contributed by atoms with E-state index in [1.54, 1.807) is 15.9 Å². The summed E-state index contributed by atoms with van der Waals surface area (Å²) < 4.78 is 50.3. The number of rotatable bonds is 12. The molecule has 6 atom stereocenters. The predicted molar refractivity (Wildman–Crippen MR) is 245 cm³/mol. The number of sulfone groups is 1. The quantitative estimate of drug-likeness (QED) is 0.0987. The summed E-state index contributed by atoms with van der Waals surface area (Å²) in [6.45, 7) is 8.52. The lowest BCUT2D eigenvalue weighted by Crippen LogP contribution is -2.51. The summed E-state index contributed by atoms with van der Waals surface area (Å²) in [6, 6.07) is 13.5. The molecule has 5 heterocycles. The van der Waals surface area contributed by atoms with Crippen LogP contribution in [0.25, 0.3) is 22.1 Å². The number of methoxy groups -OCH3 is 2. The number of fused-ring (bicyclic) bond motifs is 2. The number of amides is 4. The molecule has 352 valence electrons. The van der Waals surface area contributed by atoms with E-state index in [1.807, 2.05) is 64.1 Å². The molecule has 4 N–H and O–H groups in total. The van der Waals surface area contributed by atoms with Crippen LogP contribution in [0.1, 0.15) is 113 Å². The fourth-order valence-electron chi connectivity index (χ4n) is 9.99. The van der Waals surface area contributed by atoms with Crippen LogP contribution >= 0.6 is 0 Å². The van der Waals surface area contributed by atoms with E-state index in [4.69, 9.17) is 19.4 Å². The molecule has 3 fully saturated rings. The van der Waals surface area contributed by atoms with Crippen molar-refractivity contribution in [3.05, 3.63) is 83.2 Å². The molecular weight excluding hydrogens is 870 g/mol. The maximum absolute atomic E-state index is 15.8. The minimum atomic E-state index is -3.83. The number of imidazole rings is 2. The lowest BCUT2D eigenvalue weighted by atomic mass is 10.0. The van der Waals surface area contributed by atoms with Crippen molar-refractivity contribution in [2.45, 2.75) is 107 Å². The number of hydrogen-bond acceptors (Lipinski definition) is 11. The summed E-state index contributed by atoms with van der Waals surface area (Å²) in [6.07, 6.45) is 3.95. The van der Waals surface area contributed by atoms with Crippen LogP contribution in [0.4, 0.5) is 19.7 Å². The zero-order valence-electron chi connectivity index (χ0n) is 38.3. The summed E-state index contributed by atoms with van der Waals surface area (Å²) in [7, 11) is -1.30. The number of likely N-dealkylation sites (tertiary alicyclic amines) is 2. The van der Waals surface area contributed by atoms with E-state index < -0.39 is 39.9 Å². The number of halogens is 1. The van der Waals surface area contributed by atoms with E-state index in [0.29, 0.717) is 67.1 Å². The average Bonchev–Trinajstić information content (AvgIpc) is 4.14. The molecule has 8 rings (SSSR count). The van der Waals surface area contributed by atoms with Crippen LogP contribution in [0.15, 0.2) is 59.5 Å². The van der Waals surface area contributed by atoms with Gasteiger partial charge in [0.15, 0.2) is 9.84 Å². The second-order valence-corrected chi connectivity index (χ2v) is 20.3. The first-order valence-electron chi connectivity index (χ1n) is 22.5. The maximum Gasteiger partial charge on any atom is 0.407 e. The van der Waals surface area contributed by atoms with E-state index in [9.17, 15) is 27.6 Å². The van der Waals surface area contributed by atoms with E-state index in [2.05, 4.69) is 25.5 Å². The normalized spacial score (nSPS) is 21.0. The number of carbonyl (C=O) groups excluding carboxylic acids is 4. The van der Waals surface area contributed by atoms with E-state index in [0.717, 1.165) is 41.3 Å². The summed E-state index contributed by atoms with van der Waals surface area (Å²) in [5.74, 6) is -0.309. The van der Waals surface area contributed by atoms with Gasteiger partial charge in [0.2, 0.25) is 11.8 Å². The Morgan fingerprint density at radius 3 is 1.53 bits per heavy atom. The van der Waals surface area contributed by atoms with Crippen molar-refractivity contribution in [2.24, 2.45) is 11.8 Å². The Morgan fingerprint density at radius 1 is 0.682 bits per heavy atom. The molecule has 0 saturated carbocycles. The van der Waals surface area contributed by atoms with Crippen LogP contribution in [0, 0.1) is 17.7 Å². The third-order valence-electron chi connectivity index (χ3n) is 13.3. The molecule has 0 aliphatic carbocycles. The molecular formula is C47H58FN9O8S. The highest BCUT2D eigenvalue weighted by Crippen LogP contribution is 2.48. The Hall–Kier alpha value is -6.24. The second-order valence-electron chi connectivity index (χ2n) is 18.3. The van der Waals surface area contributed by atoms with Gasteiger partial charge in [-0.05, 0) is 104 Å². The van der Waals surface area contributed by atoms with E-state index >= 15 is 4.39 Å². The van der Waals surface area contributed by atoms with Gasteiger partial charge in [0.05, 0.1) is 60.5 Å². The maximum atomic E-state index is 15.8. The molecule has 0 spiro atoms. The van der Waals surface area contributed by atoms with Gasteiger partial charge in [0, 0.05) is 25.0 Å². The van der Waals surface area contributed by atoms with Gasteiger partial charge in [-0.3, -0.25) is 9.59 Å². The Balaban J connectivity index is 1.10. The third kappa shape index (κ3) is 9.00. The molecule has 0 radical (unpaired) electrons. The molecule has 3 aliphatic heterocycles. The number of aromatic amines is 2. The van der Waals surface area contributed by atoms with Crippen molar-refractivity contribution in [2.75, 3.05) is 38.5 Å². The largest absolute Gasteiger partial charge is 0.453 e. The van der Waals surface area contributed by atoms with Crippen LogP contribution in [-0.4, -0.2) is 108 Å². The molecule has 17 nitrogen and oxygen atoms in total. The average molecular weight is 928 g/mol. The number of nitrogens with one attached hydrogen (secondary N) is 4. The van der Waals surface area contributed by atoms with Gasteiger partial charge in [0.1, 0.15) is 34.4 Å². The Labute approximate surface area is 383 Å². The van der Waals surface area contributed by atoms with Gasteiger partial charge in [-0.1, -0.05) is 39.8 Å². The first kappa shape index (κ1) is 46.3. The fourth-order valence-corrected chi connectivity index (χ4v) is 10.7. The van der Waals surface area contributed by atoms with E-state index in [-0.39, 0.29) is 52.7 Å². The number of benzene rings is 3. The standard InChI is InChI=1S/C47H58FN9O8S/c1-25(2)40(53-46(60)64-5)44(58)55-20-8-10-37(55)42-49-31-15-12-27(22-33(31)51-42)35-17-18-36(57(35)29-14-19-39(30(48)24-29)66(7,62)63)28-13-16-32-34(23-28)52-43(50-32)38-11-9-21-56(38)45(59)41(26(3)4)54-47(61)65-6/h12-16,19,22-26,35-38,40-41H,8-11,17-18,20-21H2,1-7H3,(H,49,51)(H,50,52)(H,53,60)(H,54,61)/t35-,36-,37?,38?,40+,41?/m1/s1. The van der Waals surface area contributed by atoms with Gasteiger partial charge in [-0.25, -0.2) is 32.4 Å². The second kappa shape index (κ2) is 18.6. The topological polar surface area (TPSA) is 212 Å².